The number of hydrogen-bond donors (Lipinski definition) is 2. The van der Waals surface area contributed by atoms with Gasteiger partial charge in [-0.05, 0) is 37.6 Å². The Labute approximate surface area is 110 Å². The maximum atomic E-state index is 11.2. The number of benzene rings is 1. The molecule has 5 heteroatoms. The van der Waals surface area contributed by atoms with Gasteiger partial charge in [0.25, 0.3) is 0 Å². The molecule has 0 aliphatic carbocycles. The first-order valence-electron chi connectivity index (χ1n) is 5.71. The standard InChI is InChI=1S/C14H14N2O3/c1-8-3-11(17)7-12(4-8)19-13-6-10(14(15)18)5-9(2)16-13/h3-7,17H,1-2H3,(H2,15,18). The highest BCUT2D eigenvalue weighted by Gasteiger charge is 2.07. The number of phenolic OH excluding ortho intramolecular Hbond substituents is 1. The van der Waals surface area contributed by atoms with Crippen molar-refractivity contribution in [2.24, 2.45) is 5.73 Å². The van der Waals surface area contributed by atoms with E-state index in [0.29, 0.717) is 17.0 Å². The molecule has 0 bridgehead atoms. The zero-order valence-electron chi connectivity index (χ0n) is 10.7. The summed E-state index contributed by atoms with van der Waals surface area (Å²) < 4.78 is 5.53. The molecule has 3 N–H and O–H groups in total. The van der Waals surface area contributed by atoms with Gasteiger partial charge in [0.2, 0.25) is 11.8 Å². The predicted molar refractivity (Wildman–Crippen MR) is 70.4 cm³/mol. The fourth-order valence-electron chi connectivity index (χ4n) is 1.74. The molecule has 1 heterocycles. The van der Waals surface area contributed by atoms with Crippen molar-refractivity contribution in [1.82, 2.24) is 4.98 Å². The van der Waals surface area contributed by atoms with Crippen molar-refractivity contribution in [3.05, 3.63) is 47.2 Å². The van der Waals surface area contributed by atoms with Crippen LogP contribution in [-0.4, -0.2) is 16.0 Å². The minimum Gasteiger partial charge on any atom is -0.508 e. The smallest absolute Gasteiger partial charge is 0.248 e. The lowest BCUT2D eigenvalue weighted by atomic mass is 10.2. The number of hydrogen-bond acceptors (Lipinski definition) is 4. The lowest BCUT2D eigenvalue weighted by Gasteiger charge is -2.08. The molecule has 19 heavy (non-hydrogen) atoms. The molecule has 1 amide bonds. The molecule has 0 unspecified atom stereocenters. The van der Waals surface area contributed by atoms with Crippen molar-refractivity contribution in [1.29, 1.82) is 0 Å². The van der Waals surface area contributed by atoms with Crippen LogP contribution in [0.15, 0.2) is 30.3 Å². The second-order valence-electron chi connectivity index (χ2n) is 4.31. The Morgan fingerprint density at radius 1 is 1.21 bits per heavy atom. The van der Waals surface area contributed by atoms with Crippen LogP contribution in [0.25, 0.3) is 0 Å². The Morgan fingerprint density at radius 2 is 1.95 bits per heavy atom. The zero-order valence-corrected chi connectivity index (χ0v) is 10.7. The molecule has 0 aliphatic rings. The number of primary amides is 1. The molecule has 0 aliphatic heterocycles. The number of aryl methyl sites for hydroxylation is 2. The van der Waals surface area contributed by atoms with E-state index in [0.717, 1.165) is 5.56 Å². The molecule has 0 radical (unpaired) electrons. The van der Waals surface area contributed by atoms with Crippen LogP contribution in [0.1, 0.15) is 21.6 Å². The maximum Gasteiger partial charge on any atom is 0.248 e. The SMILES string of the molecule is Cc1cc(O)cc(Oc2cc(C(N)=O)cc(C)n2)c1. The summed E-state index contributed by atoms with van der Waals surface area (Å²) in [5.41, 5.74) is 7.05. The topological polar surface area (TPSA) is 85.4 Å². The molecule has 0 fully saturated rings. The fraction of sp³-hybridized carbons (Fsp3) is 0.143. The molecule has 0 atom stereocenters. The Morgan fingerprint density at radius 3 is 2.58 bits per heavy atom. The molecule has 98 valence electrons. The van der Waals surface area contributed by atoms with Crippen molar-refractivity contribution in [2.75, 3.05) is 0 Å². The van der Waals surface area contributed by atoms with E-state index < -0.39 is 5.91 Å². The second-order valence-corrected chi connectivity index (χ2v) is 4.31. The van der Waals surface area contributed by atoms with E-state index in [-0.39, 0.29) is 11.6 Å². The zero-order chi connectivity index (χ0) is 14.0. The van der Waals surface area contributed by atoms with Gasteiger partial charge in [-0.1, -0.05) is 0 Å². The van der Waals surface area contributed by atoms with E-state index in [1.54, 1.807) is 25.1 Å². The average Bonchev–Trinajstić information content (AvgIpc) is 2.26. The lowest BCUT2D eigenvalue weighted by molar-refractivity contribution is 0.0999. The van der Waals surface area contributed by atoms with Crippen LogP contribution in [0.4, 0.5) is 0 Å². The number of carbonyl (C=O) groups is 1. The van der Waals surface area contributed by atoms with E-state index in [1.165, 1.54) is 12.1 Å². The Balaban J connectivity index is 2.35. The van der Waals surface area contributed by atoms with Gasteiger partial charge in [0.15, 0.2) is 0 Å². The van der Waals surface area contributed by atoms with Crippen LogP contribution < -0.4 is 10.5 Å². The first-order chi connectivity index (χ1) is 8.94. The molecule has 2 rings (SSSR count). The van der Waals surface area contributed by atoms with Gasteiger partial charge >= 0.3 is 0 Å². The van der Waals surface area contributed by atoms with E-state index >= 15 is 0 Å². The number of aromatic hydroxyl groups is 1. The predicted octanol–water partition coefficient (Wildman–Crippen LogP) is 2.30. The van der Waals surface area contributed by atoms with E-state index in [9.17, 15) is 9.90 Å². The first-order valence-corrected chi connectivity index (χ1v) is 5.71. The van der Waals surface area contributed by atoms with Gasteiger partial charge in [-0.15, -0.1) is 0 Å². The number of phenols is 1. The van der Waals surface area contributed by atoms with Crippen LogP contribution >= 0.6 is 0 Å². The third-order valence-electron chi connectivity index (χ3n) is 2.47. The maximum absolute atomic E-state index is 11.2. The Hall–Kier alpha value is -2.56. The largest absolute Gasteiger partial charge is 0.508 e. The molecular formula is C14H14N2O3. The van der Waals surface area contributed by atoms with Crippen molar-refractivity contribution >= 4 is 5.91 Å². The summed E-state index contributed by atoms with van der Waals surface area (Å²) in [5.74, 6) is 0.282. The summed E-state index contributed by atoms with van der Waals surface area (Å²) >= 11 is 0. The van der Waals surface area contributed by atoms with Gasteiger partial charge in [0.1, 0.15) is 11.5 Å². The number of ether oxygens (including phenoxy) is 1. The number of carbonyl (C=O) groups excluding carboxylic acids is 1. The summed E-state index contributed by atoms with van der Waals surface area (Å²) in [4.78, 5) is 15.3. The highest BCUT2D eigenvalue weighted by atomic mass is 16.5. The number of aromatic nitrogens is 1. The van der Waals surface area contributed by atoms with Crippen LogP contribution in [0, 0.1) is 13.8 Å². The highest BCUT2D eigenvalue weighted by molar-refractivity contribution is 5.93. The van der Waals surface area contributed by atoms with Gasteiger partial charge in [-0.3, -0.25) is 4.79 Å². The van der Waals surface area contributed by atoms with Gasteiger partial charge in [-0.2, -0.15) is 0 Å². The second kappa shape index (κ2) is 4.97. The monoisotopic (exact) mass is 258 g/mol. The molecule has 0 saturated carbocycles. The fourth-order valence-corrected chi connectivity index (χ4v) is 1.74. The van der Waals surface area contributed by atoms with Gasteiger partial charge in [0, 0.05) is 23.4 Å². The van der Waals surface area contributed by atoms with E-state index in [2.05, 4.69) is 4.98 Å². The molecular weight excluding hydrogens is 244 g/mol. The summed E-state index contributed by atoms with van der Waals surface area (Å²) in [6, 6.07) is 7.90. The molecule has 0 spiro atoms. The van der Waals surface area contributed by atoms with Crippen LogP contribution in [0.2, 0.25) is 0 Å². The van der Waals surface area contributed by atoms with Crippen molar-refractivity contribution in [2.45, 2.75) is 13.8 Å². The lowest BCUT2D eigenvalue weighted by Crippen LogP contribution is -2.11. The summed E-state index contributed by atoms with van der Waals surface area (Å²) in [6.07, 6.45) is 0. The van der Waals surface area contributed by atoms with Gasteiger partial charge < -0.3 is 15.6 Å². The van der Waals surface area contributed by atoms with Gasteiger partial charge in [0.05, 0.1) is 0 Å². The van der Waals surface area contributed by atoms with Gasteiger partial charge in [-0.25, -0.2) is 4.98 Å². The highest BCUT2D eigenvalue weighted by Crippen LogP contribution is 2.26. The Bertz CT molecular complexity index is 618. The molecule has 2 aromatic rings. The van der Waals surface area contributed by atoms with Crippen molar-refractivity contribution in [3.8, 4) is 17.4 Å². The number of amides is 1. The molecule has 1 aromatic carbocycles. The summed E-state index contributed by atoms with van der Waals surface area (Å²) in [7, 11) is 0. The number of nitrogens with zero attached hydrogens (tertiary/aromatic N) is 1. The third-order valence-corrected chi connectivity index (χ3v) is 2.47. The summed E-state index contributed by atoms with van der Waals surface area (Å²) in [6.45, 7) is 3.58. The summed E-state index contributed by atoms with van der Waals surface area (Å²) in [5, 5.41) is 9.49. The first kappa shape index (κ1) is 12.9. The van der Waals surface area contributed by atoms with Crippen LogP contribution in [-0.2, 0) is 0 Å². The minimum absolute atomic E-state index is 0.109. The van der Waals surface area contributed by atoms with Crippen molar-refractivity contribution in [3.63, 3.8) is 0 Å². The molecule has 1 aromatic heterocycles. The van der Waals surface area contributed by atoms with E-state index in [4.69, 9.17) is 10.5 Å². The van der Waals surface area contributed by atoms with Crippen molar-refractivity contribution < 1.29 is 14.6 Å². The number of pyridine rings is 1. The van der Waals surface area contributed by atoms with Crippen LogP contribution in [0.3, 0.4) is 0 Å². The quantitative estimate of drug-likeness (QED) is 0.884. The Kier molecular flexibility index (Phi) is 3.37. The average molecular weight is 258 g/mol. The van der Waals surface area contributed by atoms with Crippen LogP contribution in [0.5, 0.6) is 17.4 Å². The van der Waals surface area contributed by atoms with E-state index in [1.807, 2.05) is 6.92 Å². The molecule has 5 nitrogen and oxygen atoms in total. The number of rotatable bonds is 3. The molecule has 0 saturated heterocycles. The normalized spacial score (nSPS) is 10.2. The number of nitrogens with two attached hydrogens (primary N) is 1. The minimum atomic E-state index is -0.539. The third kappa shape index (κ3) is 3.22.